The van der Waals surface area contributed by atoms with Crippen molar-refractivity contribution in [1.29, 1.82) is 0 Å². The summed E-state index contributed by atoms with van der Waals surface area (Å²) in [6.07, 6.45) is 2.04. The number of para-hydroxylation sites is 1. The number of carboxylic acids is 1. The van der Waals surface area contributed by atoms with Crippen LogP contribution in [0.3, 0.4) is 0 Å². The molecule has 0 aliphatic carbocycles. The van der Waals surface area contributed by atoms with Crippen LogP contribution in [0.5, 0.6) is 5.88 Å². The molecule has 7 heterocycles. The van der Waals surface area contributed by atoms with Gasteiger partial charge < -0.3 is 28.8 Å². The van der Waals surface area contributed by atoms with Crippen LogP contribution < -0.4 is 9.64 Å². The highest BCUT2D eigenvalue weighted by atomic mass is 35.5. The maximum atomic E-state index is 16.9. The van der Waals surface area contributed by atoms with Crippen molar-refractivity contribution in [1.82, 2.24) is 19.9 Å². The van der Waals surface area contributed by atoms with E-state index in [1.807, 2.05) is 24.3 Å². The number of ether oxygens (including phenoxy) is 2. The number of aryl methyl sites for hydroxylation is 1. The molecule has 8 rings (SSSR count). The van der Waals surface area contributed by atoms with Crippen molar-refractivity contribution in [3.05, 3.63) is 52.9 Å². The molecule has 2 fully saturated rings. The van der Waals surface area contributed by atoms with Gasteiger partial charge in [-0.3, -0.25) is 0 Å². The van der Waals surface area contributed by atoms with Gasteiger partial charge in [0, 0.05) is 49.9 Å². The zero-order valence-corrected chi connectivity index (χ0v) is 24.8. The first-order valence-electron chi connectivity index (χ1n) is 14.8. The lowest BCUT2D eigenvalue weighted by Gasteiger charge is -2.41. The van der Waals surface area contributed by atoms with Gasteiger partial charge in [0.1, 0.15) is 34.7 Å². The average molecular weight is 624 g/mol. The Bertz CT molecular complexity index is 1770. The van der Waals surface area contributed by atoms with Crippen molar-refractivity contribution in [2.75, 3.05) is 31.1 Å². The molecule has 1 aromatic carbocycles. The number of hydrogen-bond acceptors (Lipinski definition) is 9. The molecule has 0 spiro atoms. The maximum Gasteiger partial charge on any atom is 0.409 e. The van der Waals surface area contributed by atoms with Crippen molar-refractivity contribution in [3.63, 3.8) is 0 Å². The summed E-state index contributed by atoms with van der Waals surface area (Å²) in [5.74, 6) is -0.731. The highest BCUT2D eigenvalue weighted by Gasteiger charge is 2.47. The van der Waals surface area contributed by atoms with E-state index >= 15 is 4.39 Å². The van der Waals surface area contributed by atoms with E-state index < -0.39 is 35.8 Å². The predicted octanol–water partition coefficient (Wildman–Crippen LogP) is 5.51. The number of halogens is 2. The number of hydrogen-bond donors (Lipinski definition) is 1. The lowest BCUT2D eigenvalue weighted by molar-refractivity contribution is -0.138. The summed E-state index contributed by atoms with van der Waals surface area (Å²) in [6, 6.07) is 7.99. The maximum absolute atomic E-state index is 16.9. The van der Waals surface area contributed by atoms with Crippen LogP contribution in [-0.2, 0) is 21.6 Å². The number of carbonyl (C=O) groups is 2. The number of nitrogens with zero attached hydrogens (tertiary/aromatic N) is 5. The van der Waals surface area contributed by atoms with E-state index in [2.05, 4.69) is 4.98 Å². The van der Waals surface area contributed by atoms with E-state index in [1.165, 1.54) is 17.2 Å². The minimum atomic E-state index is -1.89. The SMILES string of the molecule is C[C@H]1CN2CC[C@]1(F)c1cc(Cl)cnc1O[C@H]1C[C@@H](C(=O)O)N(C1)c1nc(nc3c1oc1ccccc13)CCCCOC2=O. The van der Waals surface area contributed by atoms with Crippen LogP contribution >= 0.6 is 11.6 Å². The van der Waals surface area contributed by atoms with Crippen molar-refractivity contribution in [2.45, 2.75) is 56.8 Å². The summed E-state index contributed by atoms with van der Waals surface area (Å²) in [5, 5.41) is 11.3. The van der Waals surface area contributed by atoms with E-state index in [9.17, 15) is 14.7 Å². The molecule has 2 saturated heterocycles. The molecule has 230 valence electrons. The smallest absolute Gasteiger partial charge is 0.409 e. The van der Waals surface area contributed by atoms with Crippen LogP contribution in [-0.4, -0.2) is 75.4 Å². The third-order valence-electron chi connectivity index (χ3n) is 8.91. The Morgan fingerprint density at radius 2 is 2.05 bits per heavy atom. The third kappa shape index (κ3) is 4.94. The highest BCUT2D eigenvalue weighted by Crippen LogP contribution is 2.46. The quantitative estimate of drug-likeness (QED) is 0.289. The molecule has 1 N–H and O–H groups in total. The van der Waals surface area contributed by atoms with Gasteiger partial charge in [-0.05, 0) is 31.0 Å². The fourth-order valence-electron chi connectivity index (χ4n) is 6.57. The van der Waals surface area contributed by atoms with Gasteiger partial charge in [0.2, 0.25) is 5.88 Å². The van der Waals surface area contributed by atoms with Gasteiger partial charge in [-0.1, -0.05) is 30.7 Å². The van der Waals surface area contributed by atoms with Crippen molar-refractivity contribution in [3.8, 4) is 5.88 Å². The van der Waals surface area contributed by atoms with Gasteiger partial charge >= 0.3 is 12.1 Å². The molecule has 13 heteroatoms. The molecule has 6 bridgehead atoms. The summed E-state index contributed by atoms with van der Waals surface area (Å²) < 4.78 is 34.9. The summed E-state index contributed by atoms with van der Waals surface area (Å²) in [4.78, 5) is 42.6. The highest BCUT2D eigenvalue weighted by molar-refractivity contribution is 6.30. The summed E-state index contributed by atoms with van der Waals surface area (Å²) in [5.41, 5.74) is -0.129. The molecule has 4 aliphatic rings. The number of amides is 1. The Hall–Kier alpha value is -4.19. The molecule has 1 amide bonds. The molecule has 0 radical (unpaired) electrons. The second-order valence-corrected chi connectivity index (χ2v) is 12.2. The Morgan fingerprint density at radius 3 is 2.86 bits per heavy atom. The number of carboxylic acid groups (broad SMARTS) is 1. The summed E-state index contributed by atoms with van der Waals surface area (Å²) in [7, 11) is 0. The number of carbonyl (C=O) groups excluding carboxylic acids is 1. The topological polar surface area (TPSA) is 131 Å². The number of piperidine rings is 1. The molecule has 0 saturated carbocycles. The van der Waals surface area contributed by atoms with E-state index in [0.717, 1.165) is 5.39 Å². The lowest BCUT2D eigenvalue weighted by Crippen LogP contribution is -2.49. The fourth-order valence-corrected chi connectivity index (χ4v) is 6.73. The zero-order chi connectivity index (χ0) is 30.6. The minimum absolute atomic E-state index is 0.00164. The Labute approximate surface area is 256 Å². The monoisotopic (exact) mass is 623 g/mol. The normalized spacial score (nSPS) is 26.1. The number of alkyl halides is 1. The number of aliphatic carboxylic acids is 1. The standard InChI is InChI=1S/C31H31ClFN5O6/c1-17-15-37-10-9-31(17,33)21-12-18(32)14-34-28(21)43-19-13-22(29(39)40)38(16-19)27-26-25(20-6-2-3-7-23(20)44-26)35-24(36-27)8-4-5-11-42-30(37)41/h2-3,6-7,12,14,17,19,22H,4-5,8-11,13,15-16H2,1H3,(H,39,40)/t17-,19-,22-,31+/m0/s1. The molecule has 4 atom stereocenters. The van der Waals surface area contributed by atoms with E-state index in [4.69, 9.17) is 35.5 Å². The Balaban J connectivity index is 1.33. The van der Waals surface area contributed by atoms with E-state index in [-0.39, 0.29) is 55.5 Å². The second-order valence-electron chi connectivity index (χ2n) is 11.8. The number of furan rings is 1. The van der Waals surface area contributed by atoms with Gasteiger partial charge in [0.05, 0.1) is 23.7 Å². The van der Waals surface area contributed by atoms with Crippen molar-refractivity contribution >= 4 is 51.6 Å². The van der Waals surface area contributed by atoms with E-state index in [1.54, 1.807) is 11.8 Å². The van der Waals surface area contributed by atoms with Crippen LogP contribution in [0.15, 0.2) is 40.9 Å². The number of benzene rings is 1. The van der Waals surface area contributed by atoms with Crippen LogP contribution in [0, 0.1) is 5.92 Å². The van der Waals surface area contributed by atoms with Crippen molar-refractivity contribution in [2.24, 2.45) is 5.92 Å². The van der Waals surface area contributed by atoms with Gasteiger partial charge in [-0.25, -0.2) is 28.9 Å². The molecule has 0 unspecified atom stereocenters. The zero-order valence-electron chi connectivity index (χ0n) is 24.0. The van der Waals surface area contributed by atoms with Crippen LogP contribution in [0.1, 0.15) is 44.0 Å². The van der Waals surface area contributed by atoms with Crippen LogP contribution in [0.4, 0.5) is 15.0 Å². The average Bonchev–Trinajstić information content (AvgIpc) is 3.60. The predicted molar refractivity (Wildman–Crippen MR) is 159 cm³/mol. The van der Waals surface area contributed by atoms with Crippen LogP contribution in [0.25, 0.3) is 22.1 Å². The second kappa shape index (κ2) is 11.1. The molecule has 4 aliphatic heterocycles. The van der Waals surface area contributed by atoms with Gasteiger partial charge in [-0.2, -0.15) is 0 Å². The molecule has 11 nitrogen and oxygen atoms in total. The molecule has 4 aromatic rings. The lowest BCUT2D eigenvalue weighted by atomic mass is 9.79. The Kier molecular flexibility index (Phi) is 7.19. The van der Waals surface area contributed by atoms with Crippen LogP contribution in [0.2, 0.25) is 5.02 Å². The summed E-state index contributed by atoms with van der Waals surface area (Å²) in [6.45, 7) is 2.37. The van der Waals surface area contributed by atoms with E-state index in [0.29, 0.717) is 47.6 Å². The Morgan fingerprint density at radius 1 is 1.20 bits per heavy atom. The first-order valence-corrected chi connectivity index (χ1v) is 15.2. The molecular weight excluding hydrogens is 593 g/mol. The number of aromatic nitrogens is 3. The first-order chi connectivity index (χ1) is 21.2. The van der Waals surface area contributed by atoms with Gasteiger partial charge in [0.15, 0.2) is 11.4 Å². The number of fused-ring (bicyclic) bond motifs is 10. The fraction of sp³-hybridized carbons (Fsp3) is 0.452. The number of rotatable bonds is 1. The minimum Gasteiger partial charge on any atom is -0.480 e. The third-order valence-corrected chi connectivity index (χ3v) is 9.12. The van der Waals surface area contributed by atoms with Crippen molar-refractivity contribution < 1.29 is 33.0 Å². The number of anilines is 1. The number of pyridine rings is 1. The largest absolute Gasteiger partial charge is 0.480 e. The van der Waals surface area contributed by atoms with Gasteiger partial charge in [-0.15, -0.1) is 0 Å². The first kappa shape index (κ1) is 28.6. The summed E-state index contributed by atoms with van der Waals surface area (Å²) >= 11 is 6.30. The molecule has 44 heavy (non-hydrogen) atoms. The van der Waals surface area contributed by atoms with Gasteiger partial charge in [0.25, 0.3) is 0 Å². The molecule has 3 aromatic heterocycles. The molecular formula is C31H31ClFN5O6.